The van der Waals surface area contributed by atoms with Crippen molar-refractivity contribution >= 4 is 17.5 Å². The highest BCUT2D eigenvalue weighted by atomic mass is 19.1. The molecule has 4 aliphatic carbocycles. The molecule has 1 aromatic rings. The summed E-state index contributed by atoms with van der Waals surface area (Å²) < 4.78 is 13.2. The van der Waals surface area contributed by atoms with E-state index in [1.165, 1.54) is 31.4 Å². The molecule has 0 radical (unpaired) electrons. The van der Waals surface area contributed by atoms with Crippen LogP contribution in [0.25, 0.3) is 0 Å². The Morgan fingerprint density at radius 2 is 1.58 bits per heavy atom. The van der Waals surface area contributed by atoms with Crippen LogP contribution in [0, 0.1) is 29.0 Å². The summed E-state index contributed by atoms with van der Waals surface area (Å²) in [7, 11) is 0. The van der Waals surface area contributed by atoms with E-state index in [1.54, 1.807) is 12.1 Å². The molecule has 4 saturated carbocycles. The van der Waals surface area contributed by atoms with E-state index >= 15 is 0 Å². The van der Waals surface area contributed by atoms with E-state index in [0.29, 0.717) is 19.5 Å². The van der Waals surface area contributed by atoms with Crippen molar-refractivity contribution in [2.75, 3.05) is 37.6 Å². The Morgan fingerprint density at radius 1 is 0.935 bits per heavy atom. The number of rotatable bonds is 5. The fourth-order valence-corrected chi connectivity index (χ4v) is 7.09. The Balaban J connectivity index is 1.09. The molecule has 6 rings (SSSR count). The van der Waals surface area contributed by atoms with Crippen LogP contribution in [-0.4, -0.2) is 49.4 Å². The molecule has 4 bridgehead atoms. The number of anilines is 1. The number of amides is 2. The maximum absolute atomic E-state index is 13.2. The lowest BCUT2D eigenvalue weighted by atomic mass is 9.49. The Hall–Kier alpha value is -2.11. The average molecular weight is 428 g/mol. The fourth-order valence-electron chi connectivity index (χ4n) is 7.09. The van der Waals surface area contributed by atoms with Crippen LogP contribution in [0.5, 0.6) is 0 Å². The number of nitrogens with zero attached hydrogens (tertiary/aromatic N) is 2. The molecule has 2 amide bonds. The van der Waals surface area contributed by atoms with Crippen LogP contribution < -0.4 is 10.2 Å². The molecule has 31 heavy (non-hydrogen) atoms. The Labute approximate surface area is 184 Å². The third-order valence-electron chi connectivity index (χ3n) is 8.18. The van der Waals surface area contributed by atoms with Gasteiger partial charge in [-0.3, -0.25) is 9.59 Å². The van der Waals surface area contributed by atoms with Crippen molar-refractivity contribution < 1.29 is 14.0 Å². The molecular weight excluding hydrogens is 393 g/mol. The number of carbonyl (C=O) groups excluding carboxylic acids is 2. The van der Waals surface area contributed by atoms with Crippen LogP contribution in [0.3, 0.4) is 0 Å². The van der Waals surface area contributed by atoms with Gasteiger partial charge in [-0.25, -0.2) is 4.39 Å². The lowest BCUT2D eigenvalue weighted by Gasteiger charge is -2.55. The second-order valence-electron chi connectivity index (χ2n) is 10.4. The molecule has 0 unspecified atom stereocenters. The fraction of sp³-hybridized carbons (Fsp3) is 0.680. The molecule has 1 aromatic carbocycles. The molecule has 0 spiro atoms. The van der Waals surface area contributed by atoms with E-state index in [2.05, 4.69) is 10.2 Å². The van der Waals surface area contributed by atoms with Crippen LogP contribution in [0.1, 0.15) is 51.4 Å². The molecule has 5 aliphatic rings. The van der Waals surface area contributed by atoms with Gasteiger partial charge in [-0.05, 0) is 87.0 Å². The van der Waals surface area contributed by atoms with Crippen molar-refractivity contribution in [1.82, 2.24) is 10.2 Å². The van der Waals surface area contributed by atoms with Crippen molar-refractivity contribution in [3.63, 3.8) is 0 Å². The average Bonchev–Trinajstić information content (AvgIpc) is 2.99. The van der Waals surface area contributed by atoms with E-state index in [9.17, 15) is 14.0 Å². The summed E-state index contributed by atoms with van der Waals surface area (Å²) in [6.07, 6.45) is 8.43. The summed E-state index contributed by atoms with van der Waals surface area (Å²) >= 11 is 0. The molecule has 6 heteroatoms. The first-order valence-electron chi connectivity index (χ1n) is 12.1. The first-order chi connectivity index (χ1) is 15.0. The topological polar surface area (TPSA) is 52.7 Å². The van der Waals surface area contributed by atoms with Gasteiger partial charge in [0, 0.05) is 50.2 Å². The first-order valence-corrected chi connectivity index (χ1v) is 12.1. The van der Waals surface area contributed by atoms with Crippen LogP contribution >= 0.6 is 0 Å². The van der Waals surface area contributed by atoms with Gasteiger partial charge in [0.15, 0.2) is 0 Å². The Kier molecular flexibility index (Phi) is 5.65. The first kappa shape index (κ1) is 20.8. The number of hydrogen-bond acceptors (Lipinski definition) is 3. The number of carbonyl (C=O) groups is 2. The minimum atomic E-state index is -0.231. The van der Waals surface area contributed by atoms with Crippen LogP contribution in [0.4, 0.5) is 10.1 Å². The van der Waals surface area contributed by atoms with Crippen molar-refractivity contribution in [3.8, 4) is 0 Å². The number of halogens is 1. The highest BCUT2D eigenvalue weighted by Crippen LogP contribution is 2.60. The summed E-state index contributed by atoms with van der Waals surface area (Å²) in [6.45, 7) is 3.45. The zero-order chi connectivity index (χ0) is 21.4. The van der Waals surface area contributed by atoms with Crippen LogP contribution in [0.15, 0.2) is 24.3 Å². The van der Waals surface area contributed by atoms with Gasteiger partial charge in [-0.1, -0.05) is 0 Å². The normalized spacial score (nSPS) is 32.1. The van der Waals surface area contributed by atoms with Gasteiger partial charge in [0.1, 0.15) is 5.82 Å². The molecule has 1 aliphatic heterocycles. The summed E-state index contributed by atoms with van der Waals surface area (Å²) in [4.78, 5) is 30.0. The third kappa shape index (κ3) is 4.31. The summed E-state index contributed by atoms with van der Waals surface area (Å²) in [5.74, 6) is 2.34. The maximum atomic E-state index is 13.2. The van der Waals surface area contributed by atoms with Crippen molar-refractivity contribution in [2.24, 2.45) is 23.2 Å². The highest BCUT2D eigenvalue weighted by molar-refractivity contribution is 5.84. The van der Waals surface area contributed by atoms with Gasteiger partial charge >= 0.3 is 0 Å². The van der Waals surface area contributed by atoms with E-state index in [0.717, 1.165) is 68.8 Å². The molecule has 1 saturated heterocycles. The van der Waals surface area contributed by atoms with Gasteiger partial charge in [0.25, 0.3) is 0 Å². The number of hydrogen-bond donors (Lipinski definition) is 1. The summed E-state index contributed by atoms with van der Waals surface area (Å²) in [6, 6.07) is 6.56. The predicted octanol–water partition coefficient (Wildman–Crippen LogP) is 3.59. The van der Waals surface area contributed by atoms with Crippen LogP contribution in [0.2, 0.25) is 0 Å². The molecular formula is C25H34FN3O2. The SMILES string of the molecule is O=C(CCNC(=O)C12CC3CC(CC(C3)C1)C2)N1CCCN(c2ccc(F)cc2)CC1. The van der Waals surface area contributed by atoms with E-state index < -0.39 is 0 Å². The van der Waals surface area contributed by atoms with Gasteiger partial charge in [-0.15, -0.1) is 0 Å². The molecule has 168 valence electrons. The Morgan fingerprint density at radius 3 is 2.23 bits per heavy atom. The van der Waals surface area contributed by atoms with Gasteiger partial charge < -0.3 is 15.1 Å². The minimum absolute atomic E-state index is 0.117. The molecule has 5 fully saturated rings. The van der Waals surface area contributed by atoms with E-state index in [-0.39, 0.29) is 23.0 Å². The molecule has 5 nitrogen and oxygen atoms in total. The molecule has 0 atom stereocenters. The standard InChI is InChI=1S/C25H34FN3O2/c26-21-2-4-22(5-3-21)28-8-1-9-29(11-10-28)23(30)6-7-27-24(31)25-15-18-12-19(16-25)14-20(13-18)17-25/h2-5,18-20H,1,6-17H2,(H,27,31). The van der Waals surface area contributed by atoms with Crippen molar-refractivity contribution in [3.05, 3.63) is 30.1 Å². The smallest absolute Gasteiger partial charge is 0.226 e. The quantitative estimate of drug-likeness (QED) is 0.781. The maximum Gasteiger partial charge on any atom is 0.226 e. The van der Waals surface area contributed by atoms with Crippen molar-refractivity contribution in [2.45, 2.75) is 51.4 Å². The van der Waals surface area contributed by atoms with E-state index in [4.69, 9.17) is 0 Å². The minimum Gasteiger partial charge on any atom is -0.370 e. The number of nitrogens with one attached hydrogen (secondary N) is 1. The molecule has 1 heterocycles. The molecule has 1 N–H and O–H groups in total. The largest absolute Gasteiger partial charge is 0.370 e. The lowest BCUT2D eigenvalue weighted by Crippen LogP contribution is -2.53. The van der Waals surface area contributed by atoms with Gasteiger partial charge in [0.2, 0.25) is 11.8 Å². The number of benzene rings is 1. The van der Waals surface area contributed by atoms with Gasteiger partial charge in [-0.2, -0.15) is 0 Å². The van der Waals surface area contributed by atoms with Crippen molar-refractivity contribution in [1.29, 1.82) is 0 Å². The second kappa shape index (κ2) is 8.44. The molecule has 0 aromatic heterocycles. The summed E-state index contributed by atoms with van der Waals surface area (Å²) in [5, 5.41) is 3.13. The summed E-state index contributed by atoms with van der Waals surface area (Å²) in [5.41, 5.74) is 0.856. The van der Waals surface area contributed by atoms with Crippen LogP contribution in [-0.2, 0) is 9.59 Å². The lowest BCUT2D eigenvalue weighted by molar-refractivity contribution is -0.146. The Bertz CT molecular complexity index is 789. The highest BCUT2D eigenvalue weighted by Gasteiger charge is 2.54. The van der Waals surface area contributed by atoms with E-state index in [1.807, 2.05) is 4.90 Å². The van der Waals surface area contributed by atoms with Gasteiger partial charge in [0.05, 0.1) is 0 Å². The predicted molar refractivity (Wildman–Crippen MR) is 118 cm³/mol. The zero-order valence-electron chi connectivity index (χ0n) is 18.3. The zero-order valence-corrected chi connectivity index (χ0v) is 18.3. The third-order valence-corrected chi connectivity index (χ3v) is 8.18. The monoisotopic (exact) mass is 427 g/mol. The second-order valence-corrected chi connectivity index (χ2v) is 10.4.